The Labute approximate surface area is 201 Å². The van der Waals surface area contributed by atoms with Crippen LogP contribution in [0.25, 0.3) is 0 Å². The summed E-state index contributed by atoms with van der Waals surface area (Å²) in [6.45, 7) is 12.6. The summed E-state index contributed by atoms with van der Waals surface area (Å²) >= 11 is 0. The first-order chi connectivity index (χ1) is 16.0. The maximum atomic E-state index is 12.3. The van der Waals surface area contributed by atoms with Crippen molar-refractivity contribution in [1.29, 1.82) is 5.41 Å². The van der Waals surface area contributed by atoms with Gasteiger partial charge in [-0.15, -0.1) is 0 Å². The van der Waals surface area contributed by atoms with Crippen molar-refractivity contribution in [2.75, 3.05) is 26.7 Å². The molecule has 0 radical (unpaired) electrons. The number of hydrogen-bond acceptors (Lipinski definition) is 8. The van der Waals surface area contributed by atoms with E-state index in [-0.39, 0.29) is 35.9 Å². The minimum absolute atomic E-state index is 0.0506. The third-order valence-electron chi connectivity index (χ3n) is 5.47. The fourth-order valence-electron chi connectivity index (χ4n) is 3.79. The van der Waals surface area contributed by atoms with Crippen molar-refractivity contribution in [3.63, 3.8) is 0 Å². The summed E-state index contributed by atoms with van der Waals surface area (Å²) in [5, 5.41) is 7.99. The summed E-state index contributed by atoms with van der Waals surface area (Å²) in [6.07, 6.45) is 2.34. The molecular weight excluding hydrogens is 434 g/mol. The van der Waals surface area contributed by atoms with E-state index in [2.05, 4.69) is 21.0 Å². The number of nitrogens with two attached hydrogens (primary N) is 2. The maximum absolute atomic E-state index is 12.3. The molecule has 2 rings (SSSR count). The van der Waals surface area contributed by atoms with Gasteiger partial charge in [0.1, 0.15) is 5.71 Å². The van der Waals surface area contributed by atoms with E-state index < -0.39 is 0 Å². The molecule has 0 aromatic heterocycles. The summed E-state index contributed by atoms with van der Waals surface area (Å²) in [7, 11) is 1.53. The van der Waals surface area contributed by atoms with Gasteiger partial charge in [0.05, 0.1) is 11.8 Å². The third kappa shape index (κ3) is 7.31. The number of aryl methyl sites for hydroxylation is 1. The van der Waals surface area contributed by atoms with E-state index in [1.54, 1.807) is 4.90 Å². The second-order valence-electron chi connectivity index (χ2n) is 8.63. The maximum Gasteiger partial charge on any atom is 0.410 e. The first-order valence-corrected chi connectivity index (χ1v) is 11.3. The molecule has 5 N–H and O–H groups in total. The average Bonchev–Trinajstić information content (AvgIpc) is 2.74. The second-order valence-corrected chi connectivity index (χ2v) is 8.63. The van der Waals surface area contributed by atoms with E-state index in [0.717, 1.165) is 36.3 Å². The summed E-state index contributed by atoms with van der Waals surface area (Å²) in [5.41, 5.74) is 15.4. The van der Waals surface area contributed by atoms with Crippen LogP contribution >= 0.6 is 0 Å². The largest absolute Gasteiger partial charge is 0.447 e. The van der Waals surface area contributed by atoms with Gasteiger partial charge < -0.3 is 25.8 Å². The highest BCUT2D eigenvalue weighted by Crippen LogP contribution is 2.26. The molecule has 10 heteroatoms. The quantitative estimate of drug-likeness (QED) is 0.430. The van der Waals surface area contributed by atoms with Crippen molar-refractivity contribution in [3.8, 4) is 0 Å². The molecule has 1 fully saturated rings. The van der Waals surface area contributed by atoms with E-state index in [1.807, 2.05) is 40.7 Å². The number of piperazine rings is 1. The number of ether oxygens (including phenoxy) is 2. The van der Waals surface area contributed by atoms with Crippen LogP contribution in [-0.2, 0) is 16.0 Å². The minimum Gasteiger partial charge on any atom is -0.447 e. The highest BCUT2D eigenvalue weighted by molar-refractivity contribution is 6.43. The number of carbonyl (C=O) groups is 1. The number of nitrogens with one attached hydrogen (secondary N) is 1. The van der Waals surface area contributed by atoms with E-state index in [1.165, 1.54) is 19.3 Å². The molecule has 1 heterocycles. The van der Waals surface area contributed by atoms with Crippen LogP contribution in [0.3, 0.4) is 0 Å². The van der Waals surface area contributed by atoms with Gasteiger partial charge in [0.25, 0.3) is 6.02 Å². The summed E-state index contributed by atoms with van der Waals surface area (Å²) in [5.74, 6) is -0.237. The predicted molar refractivity (Wildman–Crippen MR) is 136 cm³/mol. The first-order valence-electron chi connectivity index (χ1n) is 11.3. The number of amidine groups is 1. The van der Waals surface area contributed by atoms with Gasteiger partial charge in [-0.1, -0.05) is 6.07 Å². The zero-order chi connectivity index (χ0) is 25.4. The van der Waals surface area contributed by atoms with Crippen LogP contribution in [-0.4, -0.2) is 72.4 Å². The molecule has 0 aliphatic carbocycles. The van der Waals surface area contributed by atoms with Gasteiger partial charge >= 0.3 is 6.09 Å². The summed E-state index contributed by atoms with van der Waals surface area (Å²) in [6, 6.07) is 3.96. The molecule has 1 amide bonds. The molecule has 0 saturated carbocycles. The Hall–Kier alpha value is -3.40. The standard InChI is InChI=1S/C24H37N7O3/c1-15(2)33-24(32)31-10-9-30(13-17(31)4)14-19-11-16(3)12-21(18(19)5)29-23(27)34-22(26)20(28-6)7-8-25/h7-8,11-12,15,17,26H,9-10,13-14,25H2,1-6H3,(H2,27,29)/t17-/m0/s1. The Bertz CT molecular complexity index is 985. The lowest BCUT2D eigenvalue weighted by atomic mass is 10.0. The van der Waals surface area contributed by atoms with Crippen molar-refractivity contribution in [2.24, 2.45) is 21.5 Å². The fraction of sp³-hybridized carbons (Fsp3) is 0.500. The summed E-state index contributed by atoms with van der Waals surface area (Å²) in [4.78, 5) is 24.8. The lowest BCUT2D eigenvalue weighted by Crippen LogP contribution is -2.54. The van der Waals surface area contributed by atoms with Gasteiger partial charge in [0.2, 0.25) is 5.90 Å². The number of nitrogens with zero attached hydrogens (tertiary/aromatic N) is 4. The molecule has 10 nitrogen and oxygen atoms in total. The number of benzene rings is 1. The molecular formula is C24H37N7O3. The molecule has 0 unspecified atom stereocenters. The first kappa shape index (κ1) is 26.8. The van der Waals surface area contributed by atoms with E-state index >= 15 is 0 Å². The highest BCUT2D eigenvalue weighted by atomic mass is 16.6. The predicted octanol–water partition coefficient (Wildman–Crippen LogP) is 2.84. The van der Waals surface area contributed by atoms with E-state index in [9.17, 15) is 4.79 Å². The number of amides is 1. The smallest absolute Gasteiger partial charge is 0.410 e. The molecule has 0 spiro atoms. The molecule has 1 aliphatic heterocycles. The second kappa shape index (κ2) is 12.2. The minimum atomic E-state index is -0.259. The molecule has 1 aliphatic rings. The van der Waals surface area contributed by atoms with Crippen molar-refractivity contribution in [2.45, 2.75) is 53.3 Å². The number of hydrogen-bond donors (Lipinski definition) is 3. The molecule has 1 aromatic rings. The Kier molecular flexibility index (Phi) is 9.61. The van der Waals surface area contributed by atoms with Gasteiger partial charge in [0.15, 0.2) is 0 Å². The molecule has 1 saturated heterocycles. The molecule has 0 bridgehead atoms. The lowest BCUT2D eigenvalue weighted by molar-refractivity contribution is 0.0349. The van der Waals surface area contributed by atoms with Crippen LogP contribution in [0.5, 0.6) is 0 Å². The van der Waals surface area contributed by atoms with Crippen LogP contribution in [0.15, 0.2) is 34.4 Å². The Morgan fingerprint density at radius 2 is 2.03 bits per heavy atom. The van der Waals surface area contributed by atoms with Gasteiger partial charge in [-0.3, -0.25) is 15.3 Å². The van der Waals surface area contributed by atoms with Crippen LogP contribution in [0, 0.1) is 19.3 Å². The zero-order valence-electron chi connectivity index (χ0n) is 21.0. The molecule has 1 atom stereocenters. The van der Waals surface area contributed by atoms with E-state index in [4.69, 9.17) is 26.4 Å². The fourth-order valence-corrected chi connectivity index (χ4v) is 3.79. The van der Waals surface area contributed by atoms with Crippen molar-refractivity contribution >= 4 is 29.4 Å². The van der Waals surface area contributed by atoms with Crippen LogP contribution < -0.4 is 11.5 Å². The van der Waals surface area contributed by atoms with Crippen molar-refractivity contribution in [3.05, 3.63) is 41.1 Å². The lowest BCUT2D eigenvalue weighted by Gasteiger charge is -2.39. The van der Waals surface area contributed by atoms with Gasteiger partial charge in [-0.05, 0) is 69.7 Å². The van der Waals surface area contributed by atoms with E-state index in [0.29, 0.717) is 12.2 Å². The van der Waals surface area contributed by atoms with Crippen molar-refractivity contribution in [1.82, 2.24) is 9.80 Å². The number of carbonyl (C=O) groups excluding carboxylic acids is 1. The third-order valence-corrected chi connectivity index (χ3v) is 5.47. The normalized spacial score (nSPS) is 18.0. The molecule has 1 aromatic carbocycles. The number of aliphatic imine (C=N–C) groups is 2. The zero-order valence-corrected chi connectivity index (χ0v) is 21.0. The summed E-state index contributed by atoms with van der Waals surface area (Å²) < 4.78 is 10.7. The SMILES string of the molecule is CN=C(C=CN)C(=N)OC(N)=Nc1cc(C)cc(CN2CCN(C(=O)OC(C)C)[C@@H](C)C2)c1C. The van der Waals surface area contributed by atoms with Crippen molar-refractivity contribution < 1.29 is 14.3 Å². The van der Waals surface area contributed by atoms with Crippen LogP contribution in [0.2, 0.25) is 0 Å². The highest BCUT2D eigenvalue weighted by Gasteiger charge is 2.29. The number of rotatable bonds is 6. The van der Waals surface area contributed by atoms with Crippen LogP contribution in [0.1, 0.15) is 37.5 Å². The Morgan fingerprint density at radius 3 is 2.62 bits per heavy atom. The monoisotopic (exact) mass is 471 g/mol. The molecule has 34 heavy (non-hydrogen) atoms. The Morgan fingerprint density at radius 1 is 1.32 bits per heavy atom. The van der Waals surface area contributed by atoms with Gasteiger partial charge in [0, 0.05) is 39.3 Å². The average molecular weight is 472 g/mol. The van der Waals surface area contributed by atoms with Gasteiger partial charge in [-0.2, -0.15) is 4.99 Å². The van der Waals surface area contributed by atoms with Crippen LogP contribution in [0.4, 0.5) is 10.5 Å². The topological polar surface area (TPSA) is 143 Å². The molecule has 186 valence electrons. The Balaban J connectivity index is 2.13. The van der Waals surface area contributed by atoms with Gasteiger partial charge in [-0.25, -0.2) is 4.79 Å².